The summed E-state index contributed by atoms with van der Waals surface area (Å²) in [6.45, 7) is 2.09. The zero-order valence-corrected chi connectivity index (χ0v) is 13.0. The molecule has 0 saturated carbocycles. The minimum atomic E-state index is -4.32. The van der Waals surface area contributed by atoms with Gasteiger partial charge in [-0.15, -0.1) is 0 Å². The molecule has 0 bridgehead atoms. The second-order valence-electron chi connectivity index (χ2n) is 4.78. The Balaban J connectivity index is 2.12. The summed E-state index contributed by atoms with van der Waals surface area (Å²) in [4.78, 5) is 0. The number of halogens is 4. The Morgan fingerprint density at radius 2 is 1.67 bits per heavy atom. The lowest BCUT2D eigenvalue weighted by Crippen LogP contribution is -2.21. The highest BCUT2D eigenvalue weighted by atomic mass is 79.9. The summed E-state index contributed by atoms with van der Waals surface area (Å²) >= 11 is 3.45. The predicted molar refractivity (Wildman–Crippen MR) is 80.8 cm³/mol. The van der Waals surface area contributed by atoms with Crippen LogP contribution in [0.2, 0.25) is 0 Å². The highest BCUT2D eigenvalue weighted by Gasteiger charge is 2.32. The molecule has 0 aliphatic rings. The molecule has 0 spiro atoms. The molecule has 0 aliphatic carbocycles. The molecule has 112 valence electrons. The van der Waals surface area contributed by atoms with Gasteiger partial charge >= 0.3 is 6.18 Å². The summed E-state index contributed by atoms with van der Waals surface area (Å²) in [5, 5.41) is 3.14. The largest absolute Gasteiger partial charge is 0.416 e. The molecule has 0 fully saturated rings. The summed E-state index contributed by atoms with van der Waals surface area (Å²) < 4.78 is 39.7. The molecule has 5 heteroatoms. The van der Waals surface area contributed by atoms with E-state index in [1.165, 1.54) is 12.1 Å². The minimum absolute atomic E-state index is 0.0538. The third-order valence-corrected chi connectivity index (χ3v) is 4.02. The number of alkyl halides is 3. The van der Waals surface area contributed by atoms with Crippen LogP contribution in [0.15, 0.2) is 53.0 Å². The minimum Gasteiger partial charge on any atom is -0.306 e. The molecule has 1 nitrogen and oxygen atoms in total. The van der Waals surface area contributed by atoms with Gasteiger partial charge in [-0.05, 0) is 30.2 Å². The van der Waals surface area contributed by atoms with Gasteiger partial charge in [0.05, 0.1) is 5.56 Å². The Kier molecular flexibility index (Phi) is 5.06. The predicted octanol–water partition coefficient (Wildman–Crippen LogP) is 5.32. The molecule has 0 saturated heterocycles. The van der Waals surface area contributed by atoms with E-state index in [4.69, 9.17) is 0 Å². The smallest absolute Gasteiger partial charge is 0.306 e. The van der Waals surface area contributed by atoms with E-state index in [1.807, 2.05) is 31.2 Å². The number of benzene rings is 2. The summed E-state index contributed by atoms with van der Waals surface area (Å²) in [6.07, 6.45) is -4.32. The molecular formula is C16H15BrF3N. The van der Waals surface area contributed by atoms with E-state index in [0.29, 0.717) is 0 Å². The quantitative estimate of drug-likeness (QED) is 0.780. The lowest BCUT2D eigenvalue weighted by Gasteiger charge is -2.18. The maximum atomic E-state index is 12.9. The first-order valence-electron chi connectivity index (χ1n) is 6.52. The fraction of sp³-hybridized carbons (Fsp3) is 0.250. The fourth-order valence-electron chi connectivity index (χ4n) is 2.15. The monoisotopic (exact) mass is 357 g/mol. The Labute approximate surface area is 130 Å². The van der Waals surface area contributed by atoms with E-state index in [-0.39, 0.29) is 18.2 Å². The molecule has 2 rings (SSSR count). The summed E-state index contributed by atoms with van der Waals surface area (Å²) in [7, 11) is 0. The highest BCUT2D eigenvalue weighted by Crippen LogP contribution is 2.32. The van der Waals surface area contributed by atoms with Gasteiger partial charge in [0.1, 0.15) is 0 Å². The Morgan fingerprint density at radius 1 is 1.05 bits per heavy atom. The number of nitrogens with one attached hydrogen (secondary N) is 1. The molecule has 0 heterocycles. The van der Waals surface area contributed by atoms with Gasteiger partial charge in [0.2, 0.25) is 0 Å². The van der Waals surface area contributed by atoms with Gasteiger partial charge in [0, 0.05) is 17.1 Å². The summed E-state index contributed by atoms with van der Waals surface area (Å²) in [5.74, 6) is 0. The van der Waals surface area contributed by atoms with Crippen molar-refractivity contribution in [3.05, 3.63) is 69.7 Å². The van der Waals surface area contributed by atoms with E-state index in [1.54, 1.807) is 6.07 Å². The first-order chi connectivity index (χ1) is 9.89. The molecule has 0 aliphatic heterocycles. The van der Waals surface area contributed by atoms with Crippen LogP contribution in [0.3, 0.4) is 0 Å². The Morgan fingerprint density at radius 3 is 2.33 bits per heavy atom. The number of rotatable bonds is 4. The van der Waals surface area contributed by atoms with E-state index >= 15 is 0 Å². The van der Waals surface area contributed by atoms with Crippen molar-refractivity contribution in [3.63, 3.8) is 0 Å². The van der Waals surface area contributed by atoms with Crippen LogP contribution in [0.5, 0.6) is 0 Å². The molecule has 1 N–H and O–H groups in total. The van der Waals surface area contributed by atoms with Crippen LogP contribution >= 0.6 is 15.9 Å². The molecular weight excluding hydrogens is 343 g/mol. The molecule has 21 heavy (non-hydrogen) atoms. The van der Waals surface area contributed by atoms with Crippen molar-refractivity contribution >= 4 is 15.9 Å². The second-order valence-corrected chi connectivity index (χ2v) is 5.63. The molecule has 0 aromatic heterocycles. The fourth-order valence-corrected chi connectivity index (χ4v) is 2.78. The maximum Gasteiger partial charge on any atom is 0.416 e. The van der Waals surface area contributed by atoms with Gasteiger partial charge in [0.15, 0.2) is 0 Å². The van der Waals surface area contributed by atoms with Gasteiger partial charge in [-0.2, -0.15) is 13.2 Å². The SMILES string of the molecule is CC(NCc1ccccc1C(F)(F)F)c1ccccc1Br. The first kappa shape index (κ1) is 16.0. The van der Waals surface area contributed by atoms with Crippen molar-refractivity contribution < 1.29 is 13.2 Å². The van der Waals surface area contributed by atoms with Gasteiger partial charge in [-0.3, -0.25) is 0 Å². The van der Waals surface area contributed by atoms with E-state index in [0.717, 1.165) is 16.1 Å². The third kappa shape index (κ3) is 4.08. The zero-order chi connectivity index (χ0) is 15.5. The molecule has 2 aromatic carbocycles. The zero-order valence-electron chi connectivity index (χ0n) is 11.4. The van der Waals surface area contributed by atoms with Crippen LogP contribution in [-0.4, -0.2) is 0 Å². The Hall–Kier alpha value is -1.33. The van der Waals surface area contributed by atoms with Gasteiger partial charge in [-0.1, -0.05) is 52.3 Å². The lowest BCUT2D eigenvalue weighted by molar-refractivity contribution is -0.138. The van der Waals surface area contributed by atoms with Crippen molar-refractivity contribution in [2.75, 3.05) is 0 Å². The van der Waals surface area contributed by atoms with Crippen molar-refractivity contribution in [2.24, 2.45) is 0 Å². The standard InChI is InChI=1S/C16H15BrF3N/c1-11(13-7-3-5-9-15(13)17)21-10-12-6-2-4-8-14(12)16(18,19)20/h2-9,11,21H,10H2,1H3. The van der Waals surface area contributed by atoms with Crippen LogP contribution in [-0.2, 0) is 12.7 Å². The van der Waals surface area contributed by atoms with E-state index in [9.17, 15) is 13.2 Å². The normalized spacial score (nSPS) is 13.2. The number of hydrogen-bond donors (Lipinski definition) is 1. The third-order valence-electron chi connectivity index (χ3n) is 3.29. The summed E-state index contributed by atoms with van der Waals surface area (Å²) in [5.41, 5.74) is 0.683. The lowest BCUT2D eigenvalue weighted by atomic mass is 10.1. The Bertz CT molecular complexity index is 610. The molecule has 0 amide bonds. The van der Waals surface area contributed by atoms with E-state index in [2.05, 4.69) is 21.2 Å². The molecule has 1 unspecified atom stereocenters. The van der Waals surface area contributed by atoms with Crippen molar-refractivity contribution in [1.29, 1.82) is 0 Å². The molecule has 1 atom stereocenters. The average molecular weight is 358 g/mol. The average Bonchev–Trinajstić information content (AvgIpc) is 2.44. The molecule has 2 aromatic rings. The van der Waals surface area contributed by atoms with Gasteiger partial charge in [-0.25, -0.2) is 0 Å². The van der Waals surface area contributed by atoms with Crippen molar-refractivity contribution in [1.82, 2.24) is 5.32 Å². The first-order valence-corrected chi connectivity index (χ1v) is 7.32. The van der Waals surface area contributed by atoms with Crippen LogP contribution in [0, 0.1) is 0 Å². The van der Waals surface area contributed by atoms with E-state index < -0.39 is 11.7 Å². The van der Waals surface area contributed by atoms with Crippen LogP contribution in [0.4, 0.5) is 13.2 Å². The number of hydrogen-bond acceptors (Lipinski definition) is 1. The molecule has 0 radical (unpaired) electrons. The van der Waals surface area contributed by atoms with Crippen molar-refractivity contribution in [2.45, 2.75) is 25.7 Å². The topological polar surface area (TPSA) is 12.0 Å². The van der Waals surface area contributed by atoms with Crippen LogP contribution < -0.4 is 5.32 Å². The van der Waals surface area contributed by atoms with Crippen LogP contribution in [0.1, 0.15) is 29.7 Å². The second kappa shape index (κ2) is 6.62. The summed E-state index contributed by atoms with van der Waals surface area (Å²) in [6, 6.07) is 13.2. The van der Waals surface area contributed by atoms with Crippen LogP contribution in [0.25, 0.3) is 0 Å². The maximum absolute atomic E-state index is 12.9. The van der Waals surface area contributed by atoms with Gasteiger partial charge < -0.3 is 5.32 Å². The van der Waals surface area contributed by atoms with Crippen molar-refractivity contribution in [3.8, 4) is 0 Å². The highest BCUT2D eigenvalue weighted by molar-refractivity contribution is 9.10. The van der Waals surface area contributed by atoms with Gasteiger partial charge in [0.25, 0.3) is 0 Å².